The quantitative estimate of drug-likeness (QED) is 0.259. The van der Waals surface area contributed by atoms with Gasteiger partial charge >= 0.3 is 12.1 Å². The Kier molecular flexibility index (Phi) is 7.68. The Hall–Kier alpha value is -3.88. The zero-order valence-corrected chi connectivity index (χ0v) is 23.8. The second kappa shape index (κ2) is 11.4. The molecular weight excluding hydrogens is 537 g/mol. The number of nitrogens with one attached hydrogen (secondary N) is 3. The molecule has 4 N–H and O–H groups in total. The van der Waals surface area contributed by atoms with E-state index in [1.165, 1.54) is 18.6 Å². The average Bonchev–Trinajstić information content (AvgIpc) is 3.33. The largest absolute Gasteiger partial charge is 0.481 e. The van der Waals surface area contributed by atoms with Gasteiger partial charge in [-0.2, -0.15) is 0 Å². The van der Waals surface area contributed by atoms with Crippen LogP contribution in [0.3, 0.4) is 0 Å². The zero-order chi connectivity index (χ0) is 29.4. The minimum atomic E-state index is -1.44. The van der Waals surface area contributed by atoms with E-state index in [1.807, 2.05) is 30.5 Å². The van der Waals surface area contributed by atoms with Crippen LogP contribution in [0.15, 0.2) is 54.7 Å². The van der Waals surface area contributed by atoms with Crippen molar-refractivity contribution < 1.29 is 28.6 Å². The van der Waals surface area contributed by atoms with Gasteiger partial charge in [-0.3, -0.25) is 9.59 Å². The minimum absolute atomic E-state index is 0.142. The summed E-state index contributed by atoms with van der Waals surface area (Å²) in [6.07, 6.45) is 6.76. The number of carbonyl (C=O) groups excluding carboxylic acids is 2. The van der Waals surface area contributed by atoms with Crippen LogP contribution in [0.1, 0.15) is 56.6 Å². The number of benzene rings is 2. The first-order valence-corrected chi connectivity index (χ1v) is 15.0. The lowest BCUT2D eigenvalue weighted by molar-refractivity contribution is -0.138. The van der Waals surface area contributed by atoms with Gasteiger partial charge in [0.1, 0.15) is 17.5 Å². The monoisotopic (exact) mass is 575 g/mol. The number of ether oxygens (including phenoxy) is 1. The molecule has 2 aromatic carbocycles. The van der Waals surface area contributed by atoms with Crippen LogP contribution < -0.4 is 10.6 Å². The third-order valence-electron chi connectivity index (χ3n) is 9.63. The van der Waals surface area contributed by atoms with Crippen LogP contribution >= 0.6 is 0 Å². The molecule has 2 unspecified atom stereocenters. The van der Waals surface area contributed by atoms with Crippen LogP contribution in [0, 0.1) is 29.5 Å². The van der Waals surface area contributed by atoms with Gasteiger partial charge < -0.3 is 25.5 Å². The lowest BCUT2D eigenvalue weighted by Crippen LogP contribution is -2.61. The van der Waals surface area contributed by atoms with Crippen molar-refractivity contribution in [1.29, 1.82) is 0 Å². The molecule has 0 aliphatic heterocycles. The SMILES string of the molecule is CC(Cc1c[nH]c2ccccc12)(NC(=O)OC1C2CC3CC(C2)CC1C3)C(=O)NC(CC(=O)O)Cc1ccc(F)cc1. The van der Waals surface area contributed by atoms with Crippen molar-refractivity contribution in [3.63, 3.8) is 0 Å². The molecule has 1 aromatic heterocycles. The van der Waals surface area contributed by atoms with Gasteiger partial charge in [-0.05, 0) is 98.4 Å². The first-order chi connectivity index (χ1) is 20.1. The molecule has 4 saturated carbocycles. The van der Waals surface area contributed by atoms with Gasteiger partial charge in [0, 0.05) is 29.6 Å². The maximum atomic E-state index is 14.0. The number of amides is 2. The van der Waals surface area contributed by atoms with E-state index >= 15 is 0 Å². The molecule has 42 heavy (non-hydrogen) atoms. The zero-order valence-electron chi connectivity index (χ0n) is 23.8. The fourth-order valence-corrected chi connectivity index (χ4v) is 7.92. The highest BCUT2D eigenvalue weighted by atomic mass is 19.1. The van der Waals surface area contributed by atoms with Crippen LogP contribution in [0.2, 0.25) is 0 Å². The van der Waals surface area contributed by atoms with Crippen molar-refractivity contribution >= 4 is 28.9 Å². The van der Waals surface area contributed by atoms with Crippen molar-refractivity contribution in [2.45, 2.75) is 76.0 Å². The van der Waals surface area contributed by atoms with Gasteiger partial charge in [0.15, 0.2) is 0 Å². The molecule has 2 amide bonds. The second-order valence-electron chi connectivity index (χ2n) is 12.9. The highest BCUT2D eigenvalue weighted by Gasteiger charge is 2.50. The summed E-state index contributed by atoms with van der Waals surface area (Å²) in [6.45, 7) is 1.65. The summed E-state index contributed by atoms with van der Waals surface area (Å²) < 4.78 is 19.5. The molecule has 4 aliphatic carbocycles. The number of carbonyl (C=O) groups is 3. The predicted molar refractivity (Wildman–Crippen MR) is 155 cm³/mol. The van der Waals surface area contributed by atoms with E-state index in [0.29, 0.717) is 17.4 Å². The van der Waals surface area contributed by atoms with E-state index in [9.17, 15) is 23.9 Å². The number of carboxylic acid groups (broad SMARTS) is 1. The number of rotatable bonds is 10. The summed E-state index contributed by atoms with van der Waals surface area (Å²) in [7, 11) is 0. The number of aromatic amines is 1. The fraction of sp³-hybridized carbons (Fsp3) is 0.485. The van der Waals surface area contributed by atoms with Crippen LogP contribution in [0.4, 0.5) is 9.18 Å². The number of alkyl carbamates (subject to hydrolysis) is 1. The van der Waals surface area contributed by atoms with Gasteiger partial charge in [-0.15, -0.1) is 0 Å². The molecule has 7 rings (SSSR count). The standard InChI is InChI=1S/C33H38FN3O5/c1-33(17-24-18-35-28-5-3-2-4-27(24)28,31(40)36-26(16-29(38)39)15-19-6-8-25(34)9-7-19)37-32(41)42-30-22-11-20-10-21(13-22)14-23(30)12-20/h2-9,18,20-23,26,30,35H,10-17H2,1H3,(H,36,40)(H,37,41)(H,38,39). The van der Waals surface area contributed by atoms with Crippen molar-refractivity contribution in [3.8, 4) is 0 Å². The normalized spacial score (nSPS) is 26.4. The van der Waals surface area contributed by atoms with Crippen molar-refractivity contribution in [2.75, 3.05) is 0 Å². The summed E-state index contributed by atoms with van der Waals surface area (Å²) in [5, 5.41) is 16.3. The summed E-state index contributed by atoms with van der Waals surface area (Å²) >= 11 is 0. The number of hydrogen-bond donors (Lipinski definition) is 4. The van der Waals surface area contributed by atoms with Gasteiger partial charge in [0.25, 0.3) is 0 Å². The number of hydrogen-bond acceptors (Lipinski definition) is 4. The number of halogens is 1. The number of fused-ring (bicyclic) bond motifs is 1. The van der Waals surface area contributed by atoms with E-state index in [-0.39, 0.29) is 25.4 Å². The first kappa shape index (κ1) is 28.2. The Morgan fingerprint density at radius 2 is 1.69 bits per heavy atom. The van der Waals surface area contributed by atoms with Crippen LogP contribution in [-0.2, 0) is 27.2 Å². The topological polar surface area (TPSA) is 121 Å². The number of aromatic nitrogens is 1. The Bertz CT molecular complexity index is 1440. The van der Waals surface area contributed by atoms with Crippen molar-refractivity contribution in [2.24, 2.45) is 23.7 Å². The molecule has 1 heterocycles. The highest BCUT2D eigenvalue weighted by Crippen LogP contribution is 2.54. The maximum absolute atomic E-state index is 14.0. The lowest BCUT2D eigenvalue weighted by atomic mass is 9.55. The van der Waals surface area contributed by atoms with Crippen molar-refractivity contribution in [3.05, 3.63) is 71.7 Å². The molecule has 4 bridgehead atoms. The third kappa shape index (κ3) is 6.01. The van der Waals surface area contributed by atoms with Crippen LogP contribution in [-0.4, -0.2) is 45.7 Å². The van der Waals surface area contributed by atoms with E-state index in [4.69, 9.17) is 4.74 Å². The highest BCUT2D eigenvalue weighted by molar-refractivity contribution is 5.92. The molecule has 8 nitrogen and oxygen atoms in total. The fourth-order valence-electron chi connectivity index (χ4n) is 7.92. The minimum Gasteiger partial charge on any atom is -0.481 e. The summed E-state index contributed by atoms with van der Waals surface area (Å²) in [5.74, 6) is 0.234. The number of aliphatic carboxylic acids is 1. The van der Waals surface area contributed by atoms with E-state index in [0.717, 1.165) is 54.0 Å². The van der Waals surface area contributed by atoms with Crippen LogP contribution in [0.5, 0.6) is 0 Å². The smallest absolute Gasteiger partial charge is 0.408 e. The molecule has 4 fully saturated rings. The van der Waals surface area contributed by atoms with Gasteiger partial charge in [0.2, 0.25) is 5.91 Å². The Labute approximate surface area is 244 Å². The molecule has 0 spiro atoms. The van der Waals surface area contributed by atoms with Gasteiger partial charge in [0.05, 0.1) is 6.42 Å². The van der Waals surface area contributed by atoms with E-state index < -0.39 is 35.4 Å². The lowest BCUT2D eigenvalue weighted by Gasteiger charge is -2.53. The molecule has 2 atom stereocenters. The molecule has 0 radical (unpaired) electrons. The molecule has 3 aromatic rings. The maximum Gasteiger partial charge on any atom is 0.408 e. The Balaban J connectivity index is 1.22. The van der Waals surface area contributed by atoms with Gasteiger partial charge in [-0.25, -0.2) is 9.18 Å². The molecule has 4 aliphatic rings. The first-order valence-electron chi connectivity index (χ1n) is 15.0. The Morgan fingerprint density at radius 3 is 2.36 bits per heavy atom. The van der Waals surface area contributed by atoms with E-state index in [2.05, 4.69) is 15.6 Å². The van der Waals surface area contributed by atoms with Crippen molar-refractivity contribution in [1.82, 2.24) is 15.6 Å². The second-order valence-corrected chi connectivity index (χ2v) is 12.9. The predicted octanol–water partition coefficient (Wildman–Crippen LogP) is 5.36. The van der Waals surface area contributed by atoms with Gasteiger partial charge in [-0.1, -0.05) is 30.3 Å². The molecule has 222 valence electrons. The summed E-state index contributed by atoms with van der Waals surface area (Å²) in [4.78, 5) is 42.4. The average molecular weight is 576 g/mol. The Morgan fingerprint density at radius 1 is 1.02 bits per heavy atom. The molecule has 0 saturated heterocycles. The third-order valence-corrected chi connectivity index (χ3v) is 9.63. The summed E-state index contributed by atoms with van der Waals surface area (Å²) in [6, 6.07) is 12.7. The van der Waals surface area contributed by atoms with E-state index in [1.54, 1.807) is 19.1 Å². The number of H-pyrrole nitrogens is 1. The van der Waals surface area contributed by atoms with Crippen LogP contribution in [0.25, 0.3) is 10.9 Å². The number of para-hydroxylation sites is 1. The number of carboxylic acids is 1. The molecule has 9 heteroatoms. The molecular formula is C33H38FN3O5. The summed E-state index contributed by atoms with van der Waals surface area (Å²) in [5.41, 5.74) is 1.00.